The van der Waals surface area contributed by atoms with Crippen LogP contribution in [0.3, 0.4) is 0 Å². The number of furan rings is 1. The van der Waals surface area contributed by atoms with Crippen molar-refractivity contribution in [1.82, 2.24) is 9.62 Å². The zero-order valence-corrected chi connectivity index (χ0v) is 15.5. The van der Waals surface area contributed by atoms with Crippen LogP contribution in [0.2, 0.25) is 0 Å². The van der Waals surface area contributed by atoms with E-state index < -0.39 is 16.0 Å². The number of nitrogens with zero attached hydrogens (tertiary/aromatic N) is 1. The smallest absolute Gasteiger partial charge is 0.342 e. The Balaban J connectivity index is 2.52. The quantitative estimate of drug-likeness (QED) is 0.781. The first kappa shape index (κ1) is 19.0. The van der Waals surface area contributed by atoms with Crippen LogP contribution in [0.5, 0.6) is 0 Å². The van der Waals surface area contributed by atoms with E-state index in [9.17, 15) is 13.2 Å². The maximum Gasteiger partial charge on any atom is 0.342 e. The molecular weight excluding hydrogens is 332 g/mol. The third-order valence-electron chi connectivity index (χ3n) is 4.32. The van der Waals surface area contributed by atoms with E-state index in [1.807, 2.05) is 6.92 Å². The Labute approximate surface area is 143 Å². The zero-order chi connectivity index (χ0) is 17.9. The summed E-state index contributed by atoms with van der Waals surface area (Å²) in [7, 11) is -2.61. The lowest BCUT2D eigenvalue weighted by molar-refractivity contribution is 0.0594. The molecule has 8 heteroatoms. The van der Waals surface area contributed by atoms with Crippen LogP contribution in [-0.4, -0.2) is 51.5 Å². The zero-order valence-electron chi connectivity index (χ0n) is 14.7. The molecule has 1 fully saturated rings. The van der Waals surface area contributed by atoms with Gasteiger partial charge in [-0.3, -0.25) is 0 Å². The summed E-state index contributed by atoms with van der Waals surface area (Å²) >= 11 is 0. The number of ether oxygens (including phenoxy) is 1. The fourth-order valence-electron chi connectivity index (χ4n) is 3.24. The van der Waals surface area contributed by atoms with Gasteiger partial charge < -0.3 is 14.5 Å². The average Bonchev–Trinajstić information content (AvgIpc) is 2.87. The summed E-state index contributed by atoms with van der Waals surface area (Å²) in [5, 5.41) is 3.24. The van der Waals surface area contributed by atoms with Crippen LogP contribution < -0.4 is 5.32 Å². The van der Waals surface area contributed by atoms with E-state index in [1.165, 1.54) is 11.4 Å². The highest BCUT2D eigenvalue weighted by molar-refractivity contribution is 7.89. The van der Waals surface area contributed by atoms with Crippen LogP contribution in [-0.2, 0) is 14.8 Å². The van der Waals surface area contributed by atoms with Gasteiger partial charge >= 0.3 is 5.97 Å². The number of methoxy groups -OCH3 is 1. The van der Waals surface area contributed by atoms with Crippen LogP contribution in [0.1, 0.15) is 48.1 Å². The highest BCUT2D eigenvalue weighted by atomic mass is 32.2. The van der Waals surface area contributed by atoms with Crippen molar-refractivity contribution in [3.8, 4) is 0 Å². The number of nitrogens with one attached hydrogen (secondary N) is 1. The highest BCUT2D eigenvalue weighted by Crippen LogP contribution is 2.32. The Kier molecular flexibility index (Phi) is 6.06. The van der Waals surface area contributed by atoms with Crippen molar-refractivity contribution in [2.45, 2.75) is 51.0 Å². The molecular formula is C16H26N2O5S. The van der Waals surface area contributed by atoms with Crippen LogP contribution >= 0.6 is 0 Å². The summed E-state index contributed by atoms with van der Waals surface area (Å²) < 4.78 is 38.4. The monoisotopic (exact) mass is 358 g/mol. The maximum absolute atomic E-state index is 13.3. The van der Waals surface area contributed by atoms with Crippen LogP contribution in [0.25, 0.3) is 0 Å². The molecule has 0 amide bonds. The number of esters is 1. The second kappa shape index (κ2) is 7.67. The summed E-state index contributed by atoms with van der Waals surface area (Å²) in [6.07, 6.45) is 2.21. The molecule has 0 atom stereocenters. The molecule has 2 heterocycles. The van der Waals surface area contributed by atoms with Crippen LogP contribution in [0.15, 0.2) is 9.31 Å². The molecule has 24 heavy (non-hydrogen) atoms. The van der Waals surface area contributed by atoms with Gasteiger partial charge in [0.1, 0.15) is 22.0 Å². The van der Waals surface area contributed by atoms with Crippen molar-refractivity contribution in [3.63, 3.8) is 0 Å². The second-order valence-electron chi connectivity index (χ2n) is 6.01. The Morgan fingerprint density at radius 3 is 2.46 bits per heavy atom. The number of carbonyl (C=O) groups is 1. The lowest BCUT2D eigenvalue weighted by Gasteiger charge is -2.33. The van der Waals surface area contributed by atoms with E-state index >= 15 is 0 Å². The van der Waals surface area contributed by atoms with Gasteiger partial charge in [0.05, 0.1) is 7.11 Å². The molecule has 0 spiro atoms. The van der Waals surface area contributed by atoms with E-state index in [1.54, 1.807) is 13.8 Å². The van der Waals surface area contributed by atoms with E-state index in [4.69, 9.17) is 9.15 Å². The molecule has 1 aliphatic rings. The summed E-state index contributed by atoms with van der Waals surface area (Å²) in [4.78, 5) is 12.0. The van der Waals surface area contributed by atoms with Crippen LogP contribution in [0.4, 0.5) is 0 Å². The van der Waals surface area contributed by atoms with E-state index in [0.29, 0.717) is 13.0 Å². The van der Waals surface area contributed by atoms with Gasteiger partial charge in [0.15, 0.2) is 0 Å². The number of carbonyl (C=O) groups excluding carboxylic acids is 1. The molecule has 136 valence electrons. The third-order valence-corrected chi connectivity index (χ3v) is 6.43. The molecule has 0 radical (unpaired) electrons. The summed E-state index contributed by atoms with van der Waals surface area (Å²) in [6.45, 7) is 7.07. The molecule has 0 aromatic carbocycles. The minimum Gasteiger partial charge on any atom is -0.465 e. The molecule has 1 N–H and O–H groups in total. The van der Waals surface area contributed by atoms with Crippen molar-refractivity contribution in [2.75, 3.05) is 26.7 Å². The van der Waals surface area contributed by atoms with Crippen molar-refractivity contribution in [3.05, 3.63) is 17.1 Å². The molecule has 0 unspecified atom stereocenters. The van der Waals surface area contributed by atoms with E-state index in [2.05, 4.69) is 5.32 Å². The Bertz CT molecular complexity index is 690. The fourth-order valence-corrected chi connectivity index (χ4v) is 5.39. The summed E-state index contributed by atoms with van der Waals surface area (Å²) in [6, 6.07) is -0.0729. The standard InChI is InChI=1S/C16H26N2O5S/c1-5-10-18(13-6-8-17-9-7-13)24(20,21)15-12(3)23-11(2)14(15)16(19)22-4/h13,17H,5-10H2,1-4H3. The summed E-state index contributed by atoms with van der Waals surface area (Å²) in [5.41, 5.74) is 0.00466. The number of aryl methyl sites for hydroxylation is 2. The maximum atomic E-state index is 13.3. The van der Waals surface area contributed by atoms with Crippen molar-refractivity contribution < 1.29 is 22.4 Å². The fraction of sp³-hybridized carbons (Fsp3) is 0.688. The van der Waals surface area contributed by atoms with E-state index in [-0.39, 0.29) is 28.0 Å². The molecule has 0 bridgehead atoms. The topological polar surface area (TPSA) is 88.9 Å². The first-order valence-electron chi connectivity index (χ1n) is 8.25. The lowest BCUT2D eigenvalue weighted by Crippen LogP contribution is -2.46. The Hall–Kier alpha value is -1.38. The van der Waals surface area contributed by atoms with Gasteiger partial charge in [-0.25, -0.2) is 13.2 Å². The van der Waals surface area contributed by atoms with Crippen LogP contribution in [0, 0.1) is 13.8 Å². The molecule has 0 aliphatic carbocycles. The third kappa shape index (κ3) is 3.50. The lowest BCUT2D eigenvalue weighted by atomic mass is 10.1. The normalized spacial score (nSPS) is 16.5. The second-order valence-corrected chi connectivity index (χ2v) is 7.83. The molecule has 7 nitrogen and oxygen atoms in total. The van der Waals surface area contributed by atoms with Gasteiger partial charge in [0.25, 0.3) is 0 Å². The van der Waals surface area contributed by atoms with Crippen molar-refractivity contribution in [1.29, 1.82) is 0 Å². The molecule has 0 saturated carbocycles. The molecule has 1 aliphatic heterocycles. The average molecular weight is 358 g/mol. The number of hydrogen-bond donors (Lipinski definition) is 1. The molecule has 1 aromatic heterocycles. The Morgan fingerprint density at radius 1 is 1.29 bits per heavy atom. The summed E-state index contributed by atoms with van der Waals surface area (Å²) in [5.74, 6) is -0.202. The minimum absolute atomic E-state index is 0.00466. The predicted octanol–water partition coefficient (Wildman–Crippen LogP) is 1.84. The molecule has 1 saturated heterocycles. The Morgan fingerprint density at radius 2 is 1.92 bits per heavy atom. The SMILES string of the molecule is CCCN(C1CCNCC1)S(=O)(=O)c1c(C)oc(C)c1C(=O)OC. The van der Waals surface area contributed by atoms with Gasteiger partial charge in [-0.15, -0.1) is 0 Å². The number of piperidine rings is 1. The molecule has 2 rings (SSSR count). The van der Waals surface area contributed by atoms with Gasteiger partial charge in [-0.2, -0.15) is 4.31 Å². The minimum atomic E-state index is -3.85. The molecule has 1 aromatic rings. The van der Waals surface area contributed by atoms with Gasteiger partial charge in [0.2, 0.25) is 10.0 Å². The van der Waals surface area contributed by atoms with Crippen molar-refractivity contribution >= 4 is 16.0 Å². The highest BCUT2D eigenvalue weighted by Gasteiger charge is 2.38. The number of sulfonamides is 1. The number of rotatable bonds is 6. The largest absolute Gasteiger partial charge is 0.465 e. The van der Waals surface area contributed by atoms with Gasteiger partial charge in [-0.05, 0) is 46.2 Å². The predicted molar refractivity (Wildman–Crippen MR) is 89.6 cm³/mol. The number of hydrogen-bond acceptors (Lipinski definition) is 6. The van der Waals surface area contributed by atoms with Crippen molar-refractivity contribution in [2.24, 2.45) is 0 Å². The first-order valence-corrected chi connectivity index (χ1v) is 9.69. The van der Waals surface area contributed by atoms with E-state index in [0.717, 1.165) is 25.9 Å². The first-order chi connectivity index (χ1) is 11.3. The van der Waals surface area contributed by atoms with Gasteiger partial charge in [-0.1, -0.05) is 6.92 Å². The van der Waals surface area contributed by atoms with Gasteiger partial charge in [0, 0.05) is 12.6 Å².